The molecule has 0 amide bonds. The van der Waals surface area contributed by atoms with Crippen LogP contribution in [0.15, 0.2) is 0 Å². The number of hydrogen-bond acceptors (Lipinski definition) is 6. The Morgan fingerprint density at radius 1 is 0.913 bits per heavy atom. The van der Waals surface area contributed by atoms with Crippen molar-refractivity contribution < 1.29 is 38.0 Å². The quantitative estimate of drug-likeness (QED) is 0.105. The van der Waals surface area contributed by atoms with Crippen molar-refractivity contribution in [1.82, 2.24) is 0 Å². The molecule has 4 saturated carbocycles. The summed E-state index contributed by atoms with van der Waals surface area (Å²) in [5, 5.41) is 0. The summed E-state index contributed by atoms with van der Waals surface area (Å²) in [6, 6.07) is 0. The van der Waals surface area contributed by atoms with Crippen molar-refractivity contribution in [3.63, 3.8) is 0 Å². The number of quaternary nitrogens is 1. The van der Waals surface area contributed by atoms with Crippen LogP contribution in [0.25, 0.3) is 0 Å². The molecule has 4 rings (SSSR count). The van der Waals surface area contributed by atoms with Gasteiger partial charge in [-0.1, -0.05) is 54.4 Å². The lowest BCUT2D eigenvalue weighted by atomic mass is 9.44. The molecule has 8 nitrogen and oxygen atoms in total. The molecule has 270 valence electrons. The van der Waals surface area contributed by atoms with Gasteiger partial charge in [0, 0.05) is 0 Å². The zero-order valence-electron chi connectivity index (χ0n) is 30.8. The highest BCUT2D eigenvalue weighted by molar-refractivity contribution is 7.47. The molecule has 0 heterocycles. The molecule has 0 aromatic carbocycles. The van der Waals surface area contributed by atoms with E-state index in [1.54, 1.807) is 0 Å². The van der Waals surface area contributed by atoms with Crippen LogP contribution in [0.3, 0.4) is 0 Å². The van der Waals surface area contributed by atoms with Crippen LogP contribution in [0.1, 0.15) is 125 Å². The number of phosphoric ester groups is 1. The minimum atomic E-state index is -4.17. The summed E-state index contributed by atoms with van der Waals surface area (Å²) >= 11 is 0. The largest absolute Gasteiger partial charge is 0.870 e. The number of fused-ring (bicyclic) bond motifs is 5. The SMILES string of the molecule is CC[C@H](CC[C@@H](C)[C@H]1CC[C@H]2[C@@H]3CCC4CC(OC(=O)CCOP(=O)(O)OCC[N+](C)(C)C)CC[C@]4(C)[C@H]3CC[C@]12C)C(C)C.[OH-]. The van der Waals surface area contributed by atoms with E-state index in [1.807, 2.05) is 21.1 Å². The van der Waals surface area contributed by atoms with Gasteiger partial charge >= 0.3 is 13.8 Å². The summed E-state index contributed by atoms with van der Waals surface area (Å²) in [6.07, 6.45) is 15.2. The molecular formula is C37H70NO7P. The lowest BCUT2D eigenvalue weighted by molar-refractivity contribution is -0.870. The highest BCUT2D eigenvalue weighted by atomic mass is 31.2. The van der Waals surface area contributed by atoms with E-state index in [2.05, 4.69) is 41.5 Å². The van der Waals surface area contributed by atoms with Gasteiger partial charge < -0.3 is 19.6 Å². The fourth-order valence-electron chi connectivity index (χ4n) is 10.9. The lowest BCUT2D eigenvalue weighted by Gasteiger charge is -2.61. The number of nitrogens with zero attached hydrogens (tertiary/aromatic N) is 1. The van der Waals surface area contributed by atoms with Gasteiger partial charge in [0.05, 0.1) is 34.2 Å². The third kappa shape index (κ3) is 9.38. The van der Waals surface area contributed by atoms with Gasteiger partial charge in [0.15, 0.2) is 0 Å². The smallest absolute Gasteiger partial charge is 0.472 e. The maximum atomic E-state index is 12.7. The van der Waals surface area contributed by atoms with Crippen molar-refractivity contribution in [2.24, 2.45) is 58.2 Å². The zero-order chi connectivity index (χ0) is 33.2. The number of rotatable bonds is 15. The minimum Gasteiger partial charge on any atom is -0.870 e. The van der Waals surface area contributed by atoms with Crippen molar-refractivity contribution in [1.29, 1.82) is 0 Å². The first kappa shape index (κ1) is 39.9. The number of phosphoric acid groups is 1. The third-order valence-electron chi connectivity index (χ3n) is 13.7. The van der Waals surface area contributed by atoms with Gasteiger partial charge in [-0.05, 0) is 122 Å². The van der Waals surface area contributed by atoms with E-state index in [4.69, 9.17) is 13.8 Å². The first-order valence-electron chi connectivity index (χ1n) is 18.6. The van der Waals surface area contributed by atoms with Gasteiger partial charge in [0.2, 0.25) is 0 Å². The van der Waals surface area contributed by atoms with Crippen LogP contribution in [0, 0.1) is 58.2 Å². The molecule has 9 heteroatoms. The highest BCUT2D eigenvalue weighted by Gasteiger charge is 2.60. The molecule has 4 fully saturated rings. The van der Waals surface area contributed by atoms with Crippen LogP contribution in [-0.4, -0.2) is 67.8 Å². The van der Waals surface area contributed by atoms with Crippen LogP contribution in [-0.2, 0) is 23.1 Å². The second kappa shape index (κ2) is 16.0. The third-order valence-corrected chi connectivity index (χ3v) is 14.7. The molecule has 0 radical (unpaired) electrons. The summed E-state index contributed by atoms with van der Waals surface area (Å²) in [6.45, 7) is 15.5. The van der Waals surface area contributed by atoms with Gasteiger partial charge in [-0.15, -0.1) is 0 Å². The van der Waals surface area contributed by atoms with Crippen LogP contribution < -0.4 is 0 Å². The summed E-state index contributed by atoms with van der Waals surface area (Å²) in [7, 11) is 1.77. The fraction of sp³-hybridized carbons (Fsp3) is 0.973. The van der Waals surface area contributed by atoms with E-state index in [9.17, 15) is 14.3 Å². The van der Waals surface area contributed by atoms with Crippen LogP contribution >= 0.6 is 7.82 Å². The second-order valence-electron chi connectivity index (χ2n) is 17.6. The molecule has 0 saturated heterocycles. The molecule has 0 aromatic rings. The molecule has 2 N–H and O–H groups in total. The Bertz CT molecular complexity index is 1030. The van der Waals surface area contributed by atoms with Crippen molar-refractivity contribution in [3.05, 3.63) is 0 Å². The average molecular weight is 672 g/mol. The predicted molar refractivity (Wildman–Crippen MR) is 183 cm³/mol. The monoisotopic (exact) mass is 671 g/mol. The molecular weight excluding hydrogens is 601 g/mol. The number of carbonyl (C=O) groups is 1. The highest BCUT2D eigenvalue weighted by Crippen LogP contribution is 2.68. The Balaban J connectivity index is 0.00000576. The minimum absolute atomic E-state index is 0. The molecule has 46 heavy (non-hydrogen) atoms. The maximum absolute atomic E-state index is 12.7. The van der Waals surface area contributed by atoms with Gasteiger partial charge in [0.1, 0.15) is 19.3 Å². The number of ether oxygens (including phenoxy) is 1. The molecule has 4 aliphatic carbocycles. The lowest BCUT2D eigenvalue weighted by Crippen LogP contribution is -2.54. The van der Waals surface area contributed by atoms with Crippen molar-refractivity contribution in [3.8, 4) is 0 Å². The van der Waals surface area contributed by atoms with Gasteiger partial charge in [-0.2, -0.15) is 0 Å². The summed E-state index contributed by atoms with van der Waals surface area (Å²) < 4.78 is 28.8. The Morgan fingerprint density at radius 3 is 2.22 bits per heavy atom. The van der Waals surface area contributed by atoms with Gasteiger partial charge in [-0.25, -0.2) is 4.57 Å². The zero-order valence-corrected chi connectivity index (χ0v) is 31.7. The standard InChI is InChI=1S/C37H68NO6P.H2O/c1-10-28(26(2)3)12-11-27(4)32-15-16-33-31-14-13-29-25-30(17-20-36(29,5)34(31)18-21-37(32,33)6)44-35(39)19-23-42-45(40,41)43-24-22-38(7,8)9;/h26-34H,10-25H2,1-9H3;1H2/t27-,28-,29?,30?,31+,32-,33+,34+,36+,37-;/m1./s1. The Hall–Kier alpha value is -0.500. The van der Waals surface area contributed by atoms with Gasteiger partial charge in [0.25, 0.3) is 0 Å². The van der Waals surface area contributed by atoms with E-state index >= 15 is 0 Å². The van der Waals surface area contributed by atoms with E-state index in [0.29, 0.717) is 27.8 Å². The number of hydrogen-bond donors (Lipinski definition) is 1. The maximum Gasteiger partial charge on any atom is 0.472 e. The predicted octanol–water partition coefficient (Wildman–Crippen LogP) is 8.71. The topological polar surface area (TPSA) is 112 Å². The van der Waals surface area contributed by atoms with Gasteiger partial charge in [-0.3, -0.25) is 13.8 Å². The van der Waals surface area contributed by atoms with E-state index in [0.717, 1.165) is 60.7 Å². The van der Waals surface area contributed by atoms with Crippen LogP contribution in [0.5, 0.6) is 0 Å². The second-order valence-corrected chi connectivity index (χ2v) is 19.1. The molecule has 0 spiro atoms. The first-order chi connectivity index (χ1) is 21.0. The van der Waals surface area contributed by atoms with Crippen molar-refractivity contribution in [2.75, 3.05) is 40.9 Å². The average Bonchev–Trinajstić information content (AvgIpc) is 3.29. The molecule has 3 unspecified atom stereocenters. The van der Waals surface area contributed by atoms with Crippen LogP contribution in [0.4, 0.5) is 0 Å². The number of carbonyl (C=O) groups excluding carboxylic acids is 1. The molecule has 4 aliphatic rings. The Kier molecular flexibility index (Phi) is 13.9. The number of likely N-dealkylation sites (N-methyl/N-ethyl adjacent to an activating group) is 1. The Morgan fingerprint density at radius 2 is 1.57 bits per heavy atom. The molecule has 0 bridgehead atoms. The van der Waals surface area contributed by atoms with Crippen molar-refractivity contribution in [2.45, 2.75) is 131 Å². The summed E-state index contributed by atoms with van der Waals surface area (Å²) in [5.74, 6) is 6.17. The first-order valence-corrected chi connectivity index (χ1v) is 20.1. The Labute approximate surface area is 281 Å². The molecule has 11 atom stereocenters. The van der Waals surface area contributed by atoms with E-state index < -0.39 is 7.82 Å². The number of esters is 1. The van der Waals surface area contributed by atoms with E-state index in [-0.39, 0.29) is 37.2 Å². The molecule has 0 aliphatic heterocycles. The fourth-order valence-corrected chi connectivity index (χ4v) is 11.7. The van der Waals surface area contributed by atoms with Crippen molar-refractivity contribution >= 4 is 13.8 Å². The van der Waals surface area contributed by atoms with Crippen LogP contribution in [0.2, 0.25) is 0 Å². The summed E-state index contributed by atoms with van der Waals surface area (Å²) in [5.41, 5.74) is 0.853. The molecule has 0 aromatic heterocycles. The summed E-state index contributed by atoms with van der Waals surface area (Å²) in [4.78, 5) is 22.6. The van der Waals surface area contributed by atoms with E-state index in [1.165, 1.54) is 57.8 Å². The normalized spacial score (nSPS) is 36.8.